The Morgan fingerprint density at radius 2 is 1.82 bits per heavy atom. The largest absolute Gasteiger partial charge is 0.526 e. The van der Waals surface area contributed by atoms with Crippen LogP contribution in [0.1, 0.15) is 33.3 Å². The van der Waals surface area contributed by atoms with Crippen molar-refractivity contribution in [1.29, 1.82) is 0 Å². The number of fused-ring (bicyclic) bond motifs is 1. The van der Waals surface area contributed by atoms with Gasteiger partial charge >= 0.3 is 7.12 Å². The van der Waals surface area contributed by atoms with Gasteiger partial charge in [-0.05, 0) is 56.4 Å². The molecule has 3 rings (SSSR count). The van der Waals surface area contributed by atoms with E-state index in [0.29, 0.717) is 11.3 Å². The minimum absolute atomic E-state index is 0.00739. The summed E-state index contributed by atoms with van der Waals surface area (Å²) in [6, 6.07) is 5.36. The van der Waals surface area contributed by atoms with Crippen molar-refractivity contribution in [2.24, 2.45) is 0 Å². The average Bonchev–Trinajstić information content (AvgIpc) is 2.84. The highest BCUT2D eigenvalue weighted by atomic mass is 127. The summed E-state index contributed by atoms with van der Waals surface area (Å²) in [5.74, 6) is -0.466. The van der Waals surface area contributed by atoms with Crippen LogP contribution >= 0.6 is 22.6 Å². The number of benzene rings is 1. The van der Waals surface area contributed by atoms with E-state index in [9.17, 15) is 9.18 Å². The number of halogens is 2. The van der Waals surface area contributed by atoms with Crippen LogP contribution in [0.4, 0.5) is 10.1 Å². The molecule has 1 saturated heterocycles. The van der Waals surface area contributed by atoms with Gasteiger partial charge in [0.15, 0.2) is 0 Å². The van der Waals surface area contributed by atoms with Crippen molar-refractivity contribution in [3.05, 3.63) is 33.1 Å². The molecule has 7 heteroatoms. The predicted molar refractivity (Wildman–Crippen MR) is 91.9 cm³/mol. The van der Waals surface area contributed by atoms with E-state index < -0.39 is 30.0 Å². The Balaban J connectivity index is 2.06. The normalized spacial score (nSPS) is 24.3. The molecule has 1 N–H and O–H groups in total. The third kappa shape index (κ3) is 2.30. The van der Waals surface area contributed by atoms with Gasteiger partial charge < -0.3 is 14.6 Å². The van der Waals surface area contributed by atoms with Gasteiger partial charge in [0.2, 0.25) is 0 Å². The minimum Gasteiger partial charge on any atom is -0.398 e. The molecule has 22 heavy (non-hydrogen) atoms. The molecule has 0 spiro atoms. The van der Waals surface area contributed by atoms with Crippen LogP contribution in [-0.2, 0) is 14.1 Å². The maximum Gasteiger partial charge on any atom is 0.526 e. The van der Waals surface area contributed by atoms with Crippen LogP contribution in [0.5, 0.6) is 0 Å². The Morgan fingerprint density at radius 1 is 1.23 bits per heavy atom. The maximum atomic E-state index is 14.9. The fourth-order valence-electron chi connectivity index (χ4n) is 2.46. The lowest BCUT2D eigenvalue weighted by molar-refractivity contribution is -0.110. The summed E-state index contributed by atoms with van der Waals surface area (Å²) in [5.41, 5.74) is -0.820. The Labute approximate surface area is 142 Å². The van der Waals surface area contributed by atoms with Crippen molar-refractivity contribution in [3.8, 4) is 0 Å². The molecule has 4 nitrogen and oxygen atoms in total. The van der Waals surface area contributed by atoms with Crippen LogP contribution in [-0.4, -0.2) is 24.2 Å². The van der Waals surface area contributed by atoms with Gasteiger partial charge in [-0.2, -0.15) is 0 Å². The molecule has 2 aliphatic rings. The van der Waals surface area contributed by atoms with Crippen LogP contribution in [0.25, 0.3) is 5.57 Å². The summed E-state index contributed by atoms with van der Waals surface area (Å²) in [4.78, 5) is 12.2. The Kier molecular flexibility index (Phi) is 3.65. The molecule has 1 amide bonds. The summed E-state index contributed by atoms with van der Waals surface area (Å²) in [6.07, 6.45) is 0. The van der Waals surface area contributed by atoms with Crippen molar-refractivity contribution in [1.82, 2.24) is 0 Å². The summed E-state index contributed by atoms with van der Waals surface area (Å²) in [5, 5.41) is 2.71. The van der Waals surface area contributed by atoms with E-state index in [4.69, 9.17) is 9.31 Å². The topological polar surface area (TPSA) is 47.6 Å². The lowest BCUT2D eigenvalue weighted by Crippen LogP contribution is -2.41. The first-order chi connectivity index (χ1) is 10.1. The van der Waals surface area contributed by atoms with Crippen molar-refractivity contribution >= 4 is 46.9 Å². The standard InChI is InChI=1S/C15H16BFINO3/c1-14(2)15(3,4)22-16(21-14)12(17)10-8-6-5-7-9(18)11(8)19-13(10)20/h5-7H,1-4H3,(H,19,20). The molecule has 1 aromatic carbocycles. The van der Waals surface area contributed by atoms with Crippen LogP contribution in [0, 0.1) is 3.57 Å². The fourth-order valence-corrected chi connectivity index (χ4v) is 3.09. The molecule has 1 aromatic rings. The van der Waals surface area contributed by atoms with Gasteiger partial charge in [0.25, 0.3) is 5.91 Å². The predicted octanol–water partition coefficient (Wildman–Crippen LogP) is 3.56. The van der Waals surface area contributed by atoms with Crippen LogP contribution < -0.4 is 5.32 Å². The highest BCUT2D eigenvalue weighted by molar-refractivity contribution is 14.1. The Morgan fingerprint density at radius 3 is 2.41 bits per heavy atom. The number of hydrogen-bond acceptors (Lipinski definition) is 3. The number of hydrogen-bond donors (Lipinski definition) is 1. The van der Waals surface area contributed by atoms with Gasteiger partial charge in [0, 0.05) is 9.13 Å². The van der Waals surface area contributed by atoms with Crippen molar-refractivity contribution in [2.45, 2.75) is 38.9 Å². The Hall–Kier alpha value is -0.925. The molecular formula is C15H16BFINO3. The third-order valence-electron chi connectivity index (χ3n) is 4.45. The van der Waals surface area contributed by atoms with Gasteiger partial charge in [0.05, 0.1) is 22.5 Å². The van der Waals surface area contributed by atoms with Gasteiger partial charge in [-0.3, -0.25) is 4.79 Å². The summed E-state index contributed by atoms with van der Waals surface area (Å²) < 4.78 is 27.2. The molecule has 0 aromatic heterocycles. The molecule has 1 fully saturated rings. The molecule has 0 saturated carbocycles. The summed E-state index contributed by atoms with van der Waals surface area (Å²) in [7, 11) is -1.17. The van der Waals surface area contributed by atoms with Crippen LogP contribution in [0.2, 0.25) is 0 Å². The number of rotatable bonds is 1. The van der Waals surface area contributed by atoms with E-state index >= 15 is 0 Å². The number of carbonyl (C=O) groups excluding carboxylic acids is 1. The summed E-state index contributed by atoms with van der Waals surface area (Å²) in [6.45, 7) is 7.38. The zero-order chi connectivity index (χ0) is 16.3. The van der Waals surface area contributed by atoms with E-state index in [1.54, 1.807) is 12.1 Å². The molecular weight excluding hydrogens is 399 g/mol. The summed E-state index contributed by atoms with van der Waals surface area (Å²) >= 11 is 2.11. The van der Waals surface area contributed by atoms with Gasteiger partial charge in [-0.1, -0.05) is 12.1 Å². The van der Waals surface area contributed by atoms with E-state index in [-0.39, 0.29) is 5.57 Å². The highest BCUT2D eigenvalue weighted by Gasteiger charge is 2.54. The van der Waals surface area contributed by atoms with E-state index in [1.807, 2.05) is 33.8 Å². The lowest BCUT2D eigenvalue weighted by Gasteiger charge is -2.32. The second-order valence-electron chi connectivity index (χ2n) is 6.43. The second kappa shape index (κ2) is 5.04. The minimum atomic E-state index is -1.17. The quantitative estimate of drug-likeness (QED) is 0.434. The number of nitrogens with one attached hydrogen (secondary N) is 1. The molecule has 2 aliphatic heterocycles. The Bertz CT molecular complexity index is 686. The fraction of sp³-hybridized carbons (Fsp3) is 0.400. The highest BCUT2D eigenvalue weighted by Crippen LogP contribution is 2.43. The van der Waals surface area contributed by atoms with Crippen molar-refractivity contribution < 1.29 is 18.5 Å². The van der Waals surface area contributed by atoms with E-state index in [1.165, 1.54) is 0 Å². The number of carbonyl (C=O) groups is 1. The molecule has 0 aliphatic carbocycles. The van der Waals surface area contributed by atoms with E-state index in [2.05, 4.69) is 27.9 Å². The molecule has 0 radical (unpaired) electrons. The third-order valence-corrected chi connectivity index (χ3v) is 5.35. The average molecular weight is 415 g/mol. The number of para-hydroxylation sites is 1. The van der Waals surface area contributed by atoms with Crippen molar-refractivity contribution in [3.63, 3.8) is 0 Å². The molecule has 0 unspecified atom stereocenters. The first-order valence-electron chi connectivity index (χ1n) is 6.99. The first-order valence-corrected chi connectivity index (χ1v) is 8.07. The zero-order valence-electron chi connectivity index (χ0n) is 12.8. The zero-order valence-corrected chi connectivity index (χ0v) is 14.9. The van der Waals surface area contributed by atoms with Crippen LogP contribution in [0.15, 0.2) is 23.9 Å². The smallest absolute Gasteiger partial charge is 0.398 e. The SMILES string of the molecule is CC1(C)OB(C(F)=C2C(=O)Nc3c(I)cccc32)OC1(C)C. The van der Waals surface area contributed by atoms with Crippen LogP contribution in [0.3, 0.4) is 0 Å². The molecule has 116 valence electrons. The molecule has 2 heterocycles. The second-order valence-corrected chi connectivity index (χ2v) is 7.59. The molecule has 0 bridgehead atoms. The first kappa shape index (κ1) is 16.0. The van der Waals surface area contributed by atoms with Gasteiger partial charge in [0.1, 0.15) is 5.73 Å². The maximum absolute atomic E-state index is 14.9. The van der Waals surface area contributed by atoms with Gasteiger partial charge in [-0.25, -0.2) is 4.39 Å². The van der Waals surface area contributed by atoms with E-state index in [0.717, 1.165) is 3.57 Å². The molecule has 0 atom stereocenters. The van der Waals surface area contributed by atoms with Gasteiger partial charge in [-0.15, -0.1) is 0 Å². The lowest BCUT2D eigenvalue weighted by atomic mass is 9.83. The monoisotopic (exact) mass is 415 g/mol. The number of anilines is 1. The van der Waals surface area contributed by atoms with Crippen molar-refractivity contribution in [2.75, 3.05) is 5.32 Å². The number of amides is 1.